The first-order valence-corrected chi connectivity index (χ1v) is 14.7. The highest BCUT2D eigenvalue weighted by Gasteiger charge is 2.51. The number of carbonyl (C=O) groups excluding carboxylic acids is 1. The number of aromatic nitrogens is 2. The molecule has 7 rings (SSSR count). The lowest BCUT2D eigenvalue weighted by molar-refractivity contribution is -0.959. The summed E-state index contributed by atoms with van der Waals surface area (Å²) in [7, 11) is 1.65. The van der Waals surface area contributed by atoms with Crippen molar-refractivity contribution in [1.82, 2.24) is 15.0 Å². The number of nitrogens with zero attached hydrogens (tertiary/aromatic N) is 4. The van der Waals surface area contributed by atoms with Crippen LogP contribution in [-0.2, 0) is 21.6 Å². The first kappa shape index (κ1) is 25.5. The van der Waals surface area contributed by atoms with Crippen molar-refractivity contribution in [2.24, 2.45) is 5.92 Å². The second-order valence-corrected chi connectivity index (χ2v) is 12.2. The van der Waals surface area contributed by atoms with Crippen molar-refractivity contribution >= 4 is 17.3 Å². The molecule has 1 aromatic carbocycles. The third-order valence-corrected chi connectivity index (χ3v) is 10.1. The largest absolute Gasteiger partial charge is 0.497 e. The zero-order valence-electron chi connectivity index (χ0n) is 22.3. The van der Waals surface area contributed by atoms with Gasteiger partial charge in [0.2, 0.25) is 5.82 Å². The third kappa shape index (κ3) is 4.76. The Morgan fingerprint density at radius 2 is 1.92 bits per heavy atom. The number of hydrogen-bond acceptors (Lipinski definition) is 8. The van der Waals surface area contributed by atoms with E-state index < -0.39 is 5.54 Å². The van der Waals surface area contributed by atoms with E-state index in [-0.39, 0.29) is 12.1 Å². The van der Waals surface area contributed by atoms with Crippen LogP contribution >= 0.6 is 11.3 Å². The Kier molecular flexibility index (Phi) is 7.01. The molecule has 4 saturated heterocycles. The summed E-state index contributed by atoms with van der Waals surface area (Å²) >= 11 is 1.65. The Morgan fingerprint density at radius 3 is 2.61 bits per heavy atom. The van der Waals surface area contributed by atoms with Crippen LogP contribution in [0.4, 0.5) is 0 Å². The van der Waals surface area contributed by atoms with Gasteiger partial charge in [0.25, 0.3) is 5.89 Å². The van der Waals surface area contributed by atoms with E-state index >= 15 is 0 Å². The highest BCUT2D eigenvalue weighted by atomic mass is 32.1. The van der Waals surface area contributed by atoms with E-state index in [1.54, 1.807) is 18.4 Å². The number of piperidine rings is 4. The van der Waals surface area contributed by atoms with Crippen molar-refractivity contribution in [3.63, 3.8) is 0 Å². The van der Waals surface area contributed by atoms with Crippen LogP contribution in [0.5, 0.6) is 5.75 Å². The second kappa shape index (κ2) is 10.4. The molecule has 0 spiro atoms. The molecule has 202 valence electrons. The van der Waals surface area contributed by atoms with Gasteiger partial charge in [-0.2, -0.15) is 4.98 Å². The molecule has 0 saturated carbocycles. The molecule has 4 aliphatic heterocycles. The van der Waals surface area contributed by atoms with E-state index in [1.165, 1.54) is 6.42 Å². The maximum Gasteiger partial charge on any atom is 0.332 e. The summed E-state index contributed by atoms with van der Waals surface area (Å²) < 4.78 is 18.2. The van der Waals surface area contributed by atoms with Gasteiger partial charge in [0.05, 0.1) is 20.2 Å². The van der Waals surface area contributed by atoms with E-state index in [1.807, 2.05) is 30.3 Å². The molecule has 8 nitrogen and oxygen atoms in total. The molecule has 4 aliphatic rings. The number of carbonyl (C=O) groups is 1. The number of esters is 1. The van der Waals surface area contributed by atoms with E-state index in [9.17, 15) is 4.79 Å². The second-order valence-electron chi connectivity index (χ2n) is 11.2. The number of likely N-dealkylation sites (tertiary alicyclic amines) is 1. The summed E-state index contributed by atoms with van der Waals surface area (Å²) in [6, 6.07) is 11.8. The lowest BCUT2D eigenvalue weighted by atomic mass is 9.83. The first-order chi connectivity index (χ1) is 18.5. The van der Waals surface area contributed by atoms with Crippen LogP contribution in [-0.4, -0.2) is 71.4 Å². The minimum atomic E-state index is -0.731. The molecule has 2 atom stereocenters. The fourth-order valence-corrected chi connectivity index (χ4v) is 7.48. The number of fused-ring (bicyclic) bond motifs is 3. The molecule has 4 fully saturated rings. The van der Waals surface area contributed by atoms with Gasteiger partial charge in [0.1, 0.15) is 12.3 Å². The summed E-state index contributed by atoms with van der Waals surface area (Å²) in [4.78, 5) is 22.1. The van der Waals surface area contributed by atoms with E-state index in [2.05, 4.69) is 28.4 Å². The molecule has 0 N–H and O–H groups in total. The van der Waals surface area contributed by atoms with Crippen molar-refractivity contribution in [3.05, 3.63) is 52.5 Å². The monoisotopic (exact) mass is 537 g/mol. The van der Waals surface area contributed by atoms with Crippen LogP contribution in [0.1, 0.15) is 49.8 Å². The fourth-order valence-electron chi connectivity index (χ4n) is 6.57. The third-order valence-electron chi connectivity index (χ3n) is 8.97. The summed E-state index contributed by atoms with van der Waals surface area (Å²) in [5, 5.41) is 6.30. The zero-order valence-corrected chi connectivity index (χ0v) is 23.1. The number of benzene rings is 1. The van der Waals surface area contributed by atoms with Crippen molar-refractivity contribution in [2.45, 2.75) is 57.2 Å². The van der Waals surface area contributed by atoms with Gasteiger partial charge in [-0.25, -0.2) is 4.79 Å². The fraction of sp³-hybridized carbons (Fsp3) is 0.552. The molecule has 0 radical (unpaired) electrons. The highest BCUT2D eigenvalue weighted by molar-refractivity contribution is 7.10. The van der Waals surface area contributed by atoms with Crippen LogP contribution in [0.3, 0.4) is 0 Å². The van der Waals surface area contributed by atoms with E-state index in [0.717, 1.165) is 79.1 Å². The molecule has 2 bridgehead atoms. The van der Waals surface area contributed by atoms with E-state index in [0.29, 0.717) is 24.2 Å². The number of rotatable bonds is 8. The minimum Gasteiger partial charge on any atom is -0.497 e. The van der Waals surface area contributed by atoms with Crippen LogP contribution < -0.4 is 4.74 Å². The van der Waals surface area contributed by atoms with Crippen molar-refractivity contribution in [1.29, 1.82) is 0 Å². The molecule has 6 heterocycles. The molecular formula is C29H37N4O4S+. The lowest BCUT2D eigenvalue weighted by Crippen LogP contribution is -2.64. The smallest absolute Gasteiger partial charge is 0.332 e. The average molecular weight is 538 g/mol. The van der Waals surface area contributed by atoms with Gasteiger partial charge in [0.15, 0.2) is 18.2 Å². The van der Waals surface area contributed by atoms with Gasteiger partial charge >= 0.3 is 5.97 Å². The Balaban J connectivity index is 1.17. The molecule has 9 heteroatoms. The molecule has 0 amide bonds. The van der Waals surface area contributed by atoms with Crippen LogP contribution in [0.25, 0.3) is 11.4 Å². The Morgan fingerprint density at radius 1 is 1.16 bits per heavy atom. The molecule has 1 unspecified atom stereocenters. The number of thiophene rings is 1. The average Bonchev–Trinajstić information content (AvgIpc) is 3.67. The minimum absolute atomic E-state index is 0.0851. The molecule has 0 aliphatic carbocycles. The Labute approximate surface area is 228 Å². The van der Waals surface area contributed by atoms with Gasteiger partial charge in [-0.05, 0) is 68.6 Å². The van der Waals surface area contributed by atoms with E-state index in [4.69, 9.17) is 19.0 Å². The van der Waals surface area contributed by atoms with Crippen molar-refractivity contribution in [2.75, 3.05) is 39.8 Å². The van der Waals surface area contributed by atoms with Gasteiger partial charge in [-0.3, -0.25) is 4.90 Å². The molecule has 38 heavy (non-hydrogen) atoms. The lowest BCUT2D eigenvalue weighted by Gasteiger charge is -2.52. The van der Waals surface area contributed by atoms with Gasteiger partial charge in [-0.1, -0.05) is 17.6 Å². The molecular weight excluding hydrogens is 500 g/mol. The molecule has 2 aromatic heterocycles. The molecule has 3 aromatic rings. The standard InChI is InChI=1S/C29H37N4O4S/c1-29(25-7-6-18-38-25,32-14-4-3-5-15-32)28(34)36-24-19-33(16-12-21(24)13-17-33)20-26-30-27(31-37-26)22-8-10-23(35-2)11-9-22/h6-11,18,21,24H,3-5,12-17,19-20H2,1-2H3/q+1/t21?,24-,29?,33?/m0/s1. The number of hydrogen-bond donors (Lipinski definition) is 0. The predicted molar refractivity (Wildman–Crippen MR) is 145 cm³/mol. The number of quaternary nitrogens is 1. The number of ether oxygens (including phenoxy) is 2. The SMILES string of the molecule is COc1ccc(-c2noc(C[N+]34CCC(CC3)[C@@H](OC(=O)C(C)(c3cccs3)N3CCCCC3)C4)n2)cc1. The van der Waals surface area contributed by atoms with Crippen LogP contribution in [0, 0.1) is 5.92 Å². The Hall–Kier alpha value is -2.75. The van der Waals surface area contributed by atoms with Crippen LogP contribution in [0.2, 0.25) is 0 Å². The zero-order chi connectivity index (χ0) is 26.2. The normalized spacial score (nSPS) is 27.1. The first-order valence-electron chi connectivity index (χ1n) is 13.8. The number of methoxy groups -OCH3 is 1. The summed E-state index contributed by atoms with van der Waals surface area (Å²) in [6.07, 6.45) is 5.50. The maximum atomic E-state index is 14.0. The Bertz CT molecular complexity index is 1230. The quantitative estimate of drug-likeness (QED) is 0.300. The van der Waals surface area contributed by atoms with Gasteiger partial charge < -0.3 is 18.5 Å². The predicted octanol–water partition coefficient (Wildman–Crippen LogP) is 4.86. The van der Waals surface area contributed by atoms with Gasteiger partial charge in [0, 0.05) is 29.2 Å². The topological polar surface area (TPSA) is 77.7 Å². The van der Waals surface area contributed by atoms with Crippen molar-refractivity contribution in [3.8, 4) is 17.1 Å². The van der Waals surface area contributed by atoms with Gasteiger partial charge in [-0.15, -0.1) is 11.3 Å². The van der Waals surface area contributed by atoms with Crippen molar-refractivity contribution < 1.29 is 23.3 Å². The summed E-state index contributed by atoms with van der Waals surface area (Å²) in [5.74, 6) is 2.34. The summed E-state index contributed by atoms with van der Waals surface area (Å²) in [6.45, 7) is 7.50. The maximum absolute atomic E-state index is 14.0. The highest BCUT2D eigenvalue weighted by Crippen LogP contribution is 2.40. The summed E-state index contributed by atoms with van der Waals surface area (Å²) in [5.41, 5.74) is 0.168. The van der Waals surface area contributed by atoms with Crippen LogP contribution in [0.15, 0.2) is 46.3 Å².